The Morgan fingerprint density at radius 1 is 0.917 bits per heavy atom. The molecular formula is C11H18O. The maximum absolute atomic E-state index is 8.32. The lowest BCUT2D eigenvalue weighted by Gasteiger charge is -1.83. The van der Waals surface area contributed by atoms with Crippen LogP contribution in [0.3, 0.4) is 0 Å². The first kappa shape index (κ1) is 11.0. The van der Waals surface area contributed by atoms with Gasteiger partial charge in [-0.1, -0.05) is 37.6 Å². The summed E-state index contributed by atoms with van der Waals surface area (Å²) in [6, 6.07) is 0. The smallest absolute Gasteiger partial charge is 0.0751 e. The van der Waals surface area contributed by atoms with Gasteiger partial charge in [-0.3, -0.25) is 0 Å². The third-order valence-electron chi connectivity index (χ3n) is 1.44. The van der Waals surface area contributed by atoms with Crippen LogP contribution >= 0.6 is 0 Å². The average molecular weight is 166 g/mol. The summed E-state index contributed by atoms with van der Waals surface area (Å²) in [5.74, 6) is 0. The fourth-order valence-electron chi connectivity index (χ4n) is 0.783. The minimum atomic E-state index is 0.911. The molecule has 0 heterocycles. The molecule has 0 fully saturated rings. The van der Waals surface area contributed by atoms with Crippen LogP contribution in [0.15, 0.2) is 36.6 Å². The molecule has 0 aromatic rings. The van der Waals surface area contributed by atoms with Gasteiger partial charge in [0.15, 0.2) is 0 Å². The number of hydrogen-bond acceptors (Lipinski definition) is 1. The van der Waals surface area contributed by atoms with Gasteiger partial charge in [0.1, 0.15) is 0 Å². The second-order valence-electron chi connectivity index (χ2n) is 2.61. The monoisotopic (exact) mass is 166 g/mol. The summed E-state index contributed by atoms with van der Waals surface area (Å²) >= 11 is 0. The Kier molecular flexibility index (Phi) is 9.20. The van der Waals surface area contributed by atoms with Crippen LogP contribution in [0.1, 0.15) is 32.6 Å². The molecule has 0 spiro atoms. The van der Waals surface area contributed by atoms with Crippen molar-refractivity contribution in [2.24, 2.45) is 0 Å². The van der Waals surface area contributed by atoms with Crippen LogP contribution in [0.5, 0.6) is 0 Å². The highest BCUT2D eigenvalue weighted by Crippen LogP contribution is 1.93. The molecule has 0 saturated carbocycles. The van der Waals surface area contributed by atoms with Crippen LogP contribution < -0.4 is 0 Å². The van der Waals surface area contributed by atoms with Crippen molar-refractivity contribution < 1.29 is 5.11 Å². The fraction of sp³-hybridized carbons (Fsp3) is 0.455. The molecule has 0 bridgehead atoms. The molecule has 0 unspecified atom stereocenters. The van der Waals surface area contributed by atoms with E-state index in [4.69, 9.17) is 5.11 Å². The molecular weight excluding hydrogens is 148 g/mol. The minimum absolute atomic E-state index is 0.911. The molecule has 1 heteroatoms. The van der Waals surface area contributed by atoms with Crippen LogP contribution in [-0.4, -0.2) is 5.11 Å². The number of hydrogen-bond donors (Lipinski definition) is 1. The molecule has 0 aliphatic heterocycles. The van der Waals surface area contributed by atoms with E-state index in [9.17, 15) is 0 Å². The molecule has 12 heavy (non-hydrogen) atoms. The van der Waals surface area contributed by atoms with Crippen molar-refractivity contribution in [3.63, 3.8) is 0 Å². The van der Waals surface area contributed by atoms with E-state index in [1.165, 1.54) is 6.42 Å². The highest BCUT2D eigenvalue weighted by molar-refractivity contribution is 5.02. The second-order valence-corrected chi connectivity index (χ2v) is 2.61. The summed E-state index contributed by atoms with van der Waals surface area (Å²) in [6.45, 7) is 2.17. The van der Waals surface area contributed by atoms with Crippen molar-refractivity contribution >= 4 is 0 Å². The number of aliphatic hydroxyl groups is 1. The van der Waals surface area contributed by atoms with E-state index in [1.54, 1.807) is 6.08 Å². The standard InChI is InChI=1S/C11H18O/c1-2-3-4-5-6-7-8-9-10-11-12/h4-7,10-12H,2-3,8-9H2,1H3. The predicted octanol–water partition coefficient (Wildman–Crippen LogP) is 3.75. The molecule has 1 nitrogen and oxygen atoms in total. The van der Waals surface area contributed by atoms with Crippen LogP contribution in [-0.2, 0) is 0 Å². The van der Waals surface area contributed by atoms with E-state index < -0.39 is 0 Å². The first-order valence-electron chi connectivity index (χ1n) is 4.52. The van der Waals surface area contributed by atoms with Gasteiger partial charge in [0, 0.05) is 0 Å². The summed E-state index contributed by atoms with van der Waals surface area (Å²) < 4.78 is 0. The van der Waals surface area contributed by atoms with Gasteiger partial charge in [-0.05, 0) is 25.3 Å². The topological polar surface area (TPSA) is 20.2 Å². The predicted molar refractivity (Wildman–Crippen MR) is 54.2 cm³/mol. The third kappa shape index (κ3) is 9.02. The average Bonchev–Trinajstić information content (AvgIpc) is 2.10. The summed E-state index contributed by atoms with van der Waals surface area (Å²) in [4.78, 5) is 0. The van der Waals surface area contributed by atoms with Crippen LogP contribution in [0.25, 0.3) is 0 Å². The Hall–Kier alpha value is -0.980. The van der Waals surface area contributed by atoms with E-state index in [2.05, 4.69) is 31.2 Å². The molecule has 0 amide bonds. The largest absolute Gasteiger partial charge is 0.516 e. The van der Waals surface area contributed by atoms with Crippen molar-refractivity contribution in [1.29, 1.82) is 0 Å². The quantitative estimate of drug-likeness (QED) is 0.362. The van der Waals surface area contributed by atoms with Gasteiger partial charge in [-0.25, -0.2) is 0 Å². The molecule has 0 rings (SSSR count). The number of rotatable bonds is 6. The molecule has 68 valence electrons. The van der Waals surface area contributed by atoms with Crippen LogP contribution in [0.2, 0.25) is 0 Å². The van der Waals surface area contributed by atoms with Crippen molar-refractivity contribution in [3.8, 4) is 0 Å². The van der Waals surface area contributed by atoms with Gasteiger partial charge in [0.05, 0.1) is 6.26 Å². The Bertz CT molecular complexity index is 154. The lowest BCUT2D eigenvalue weighted by molar-refractivity contribution is 0.471. The van der Waals surface area contributed by atoms with Crippen molar-refractivity contribution in [1.82, 2.24) is 0 Å². The van der Waals surface area contributed by atoms with Crippen molar-refractivity contribution in [2.45, 2.75) is 32.6 Å². The van der Waals surface area contributed by atoms with E-state index in [1.807, 2.05) is 0 Å². The van der Waals surface area contributed by atoms with Crippen LogP contribution in [0.4, 0.5) is 0 Å². The van der Waals surface area contributed by atoms with Gasteiger partial charge >= 0.3 is 0 Å². The lowest BCUT2D eigenvalue weighted by atomic mass is 10.2. The Morgan fingerprint density at radius 2 is 1.50 bits per heavy atom. The van der Waals surface area contributed by atoms with E-state index in [-0.39, 0.29) is 0 Å². The zero-order chi connectivity index (χ0) is 9.07. The van der Waals surface area contributed by atoms with Gasteiger partial charge in [-0.2, -0.15) is 0 Å². The Balaban J connectivity index is 3.24. The Morgan fingerprint density at radius 3 is 2.08 bits per heavy atom. The summed E-state index contributed by atoms with van der Waals surface area (Å²) in [7, 11) is 0. The summed E-state index contributed by atoms with van der Waals surface area (Å²) in [5.41, 5.74) is 0. The highest BCUT2D eigenvalue weighted by Gasteiger charge is 1.74. The van der Waals surface area contributed by atoms with Gasteiger partial charge in [0.2, 0.25) is 0 Å². The first-order chi connectivity index (χ1) is 5.91. The highest BCUT2D eigenvalue weighted by atomic mass is 16.2. The van der Waals surface area contributed by atoms with Crippen molar-refractivity contribution in [3.05, 3.63) is 36.6 Å². The normalized spacial score (nSPS) is 12.4. The molecule has 0 aromatic heterocycles. The van der Waals surface area contributed by atoms with E-state index in [0.717, 1.165) is 25.5 Å². The van der Waals surface area contributed by atoms with Gasteiger partial charge in [0.25, 0.3) is 0 Å². The summed E-state index contributed by atoms with van der Waals surface area (Å²) in [5, 5.41) is 8.32. The van der Waals surface area contributed by atoms with Gasteiger partial charge in [-0.15, -0.1) is 0 Å². The molecule has 0 saturated heterocycles. The molecule has 0 aliphatic carbocycles. The molecule has 0 aliphatic rings. The minimum Gasteiger partial charge on any atom is -0.516 e. The zero-order valence-corrected chi connectivity index (χ0v) is 7.74. The first-order valence-corrected chi connectivity index (χ1v) is 4.52. The third-order valence-corrected chi connectivity index (χ3v) is 1.44. The number of allylic oxidation sites excluding steroid dienone is 5. The maximum atomic E-state index is 8.32. The Labute approximate surface area is 75.1 Å². The SMILES string of the molecule is CCCC=CC=CCCC=CO. The van der Waals surface area contributed by atoms with Gasteiger partial charge < -0.3 is 5.11 Å². The molecule has 1 N–H and O–H groups in total. The number of aliphatic hydroxyl groups excluding tert-OH is 1. The van der Waals surface area contributed by atoms with E-state index >= 15 is 0 Å². The fourth-order valence-corrected chi connectivity index (χ4v) is 0.783. The molecule has 0 radical (unpaired) electrons. The maximum Gasteiger partial charge on any atom is 0.0751 e. The number of unbranched alkanes of at least 4 members (excludes halogenated alkanes) is 2. The zero-order valence-electron chi connectivity index (χ0n) is 7.74. The van der Waals surface area contributed by atoms with Crippen LogP contribution in [0, 0.1) is 0 Å². The van der Waals surface area contributed by atoms with Crippen molar-refractivity contribution in [2.75, 3.05) is 0 Å². The summed E-state index contributed by atoms with van der Waals surface area (Å²) in [6.07, 6.45) is 15.5. The van der Waals surface area contributed by atoms with E-state index in [0.29, 0.717) is 0 Å². The second kappa shape index (κ2) is 10.0. The lowest BCUT2D eigenvalue weighted by Crippen LogP contribution is -1.64. The molecule has 0 aromatic carbocycles. The molecule has 0 atom stereocenters.